The van der Waals surface area contributed by atoms with Crippen molar-refractivity contribution in [1.82, 2.24) is 9.88 Å². The zero-order valence-corrected chi connectivity index (χ0v) is 10.5. The van der Waals surface area contributed by atoms with Crippen molar-refractivity contribution >= 4 is 16.8 Å². The summed E-state index contributed by atoms with van der Waals surface area (Å²) in [7, 11) is 0. The van der Waals surface area contributed by atoms with E-state index in [0.29, 0.717) is 12.2 Å². The number of aryl methyl sites for hydroxylation is 2. The van der Waals surface area contributed by atoms with E-state index < -0.39 is 0 Å². The predicted molar refractivity (Wildman–Crippen MR) is 68.3 cm³/mol. The van der Waals surface area contributed by atoms with E-state index in [4.69, 9.17) is 0 Å². The van der Waals surface area contributed by atoms with Gasteiger partial charge in [-0.2, -0.15) is 0 Å². The third-order valence-corrected chi connectivity index (χ3v) is 3.67. The van der Waals surface area contributed by atoms with Crippen LogP contribution in [0.5, 0.6) is 0 Å². The molecule has 3 rings (SSSR count). The molecule has 4 heteroatoms. The van der Waals surface area contributed by atoms with Gasteiger partial charge >= 0.3 is 0 Å². The van der Waals surface area contributed by atoms with Crippen molar-refractivity contribution < 1.29 is 9.18 Å². The minimum atomic E-state index is -0.231. The molecule has 0 radical (unpaired) electrons. The quantitative estimate of drug-likeness (QED) is 0.823. The monoisotopic (exact) mass is 246 g/mol. The molecule has 0 saturated heterocycles. The van der Waals surface area contributed by atoms with Crippen molar-refractivity contribution in [3.05, 3.63) is 34.8 Å². The molecular formula is C14H15FN2O. The van der Waals surface area contributed by atoms with Gasteiger partial charge < -0.3 is 9.88 Å². The molecule has 0 spiro atoms. The topological polar surface area (TPSA) is 34.0 Å². The maximum absolute atomic E-state index is 13.6. The molecule has 1 amide bonds. The number of hydrogen-bond donors (Lipinski definition) is 1. The molecule has 1 aliphatic heterocycles. The summed E-state index contributed by atoms with van der Waals surface area (Å²) in [6.07, 6.45) is 0.763. The Kier molecular flexibility index (Phi) is 2.40. The zero-order valence-electron chi connectivity index (χ0n) is 10.5. The molecule has 0 aliphatic carbocycles. The molecule has 94 valence electrons. The van der Waals surface area contributed by atoms with Gasteiger partial charge in [-0.1, -0.05) is 6.92 Å². The summed E-state index contributed by atoms with van der Waals surface area (Å²) in [5.74, 6) is -0.289. The third kappa shape index (κ3) is 1.38. The van der Waals surface area contributed by atoms with Crippen molar-refractivity contribution in [2.24, 2.45) is 0 Å². The van der Waals surface area contributed by atoms with Crippen molar-refractivity contribution in [2.45, 2.75) is 26.8 Å². The highest BCUT2D eigenvalue weighted by Gasteiger charge is 2.24. The van der Waals surface area contributed by atoms with Gasteiger partial charge in [0.1, 0.15) is 11.5 Å². The maximum atomic E-state index is 13.6. The molecule has 0 atom stereocenters. The number of hydrogen-bond acceptors (Lipinski definition) is 1. The Bertz CT molecular complexity index is 658. The van der Waals surface area contributed by atoms with Gasteiger partial charge in [-0.3, -0.25) is 4.79 Å². The van der Waals surface area contributed by atoms with E-state index in [1.165, 1.54) is 6.07 Å². The molecule has 0 unspecified atom stereocenters. The molecule has 1 aromatic heterocycles. The minimum absolute atomic E-state index is 0.0580. The van der Waals surface area contributed by atoms with Crippen LogP contribution in [-0.4, -0.2) is 17.0 Å². The number of nitrogens with zero attached hydrogens (tertiary/aromatic N) is 1. The van der Waals surface area contributed by atoms with Gasteiger partial charge in [0.2, 0.25) is 0 Å². The Morgan fingerprint density at radius 3 is 2.94 bits per heavy atom. The second kappa shape index (κ2) is 3.83. The van der Waals surface area contributed by atoms with Crippen molar-refractivity contribution in [2.75, 3.05) is 6.54 Å². The number of benzene rings is 1. The third-order valence-electron chi connectivity index (χ3n) is 3.67. The molecule has 0 bridgehead atoms. The fraction of sp³-hybridized carbons (Fsp3) is 0.357. The Hall–Kier alpha value is -1.84. The van der Waals surface area contributed by atoms with E-state index in [2.05, 4.69) is 5.32 Å². The highest BCUT2D eigenvalue weighted by molar-refractivity contribution is 6.03. The number of carbonyl (C=O) groups is 1. The largest absolute Gasteiger partial charge is 0.349 e. The Labute approximate surface area is 105 Å². The number of amides is 1. The van der Waals surface area contributed by atoms with Crippen LogP contribution in [0.3, 0.4) is 0 Å². The summed E-state index contributed by atoms with van der Waals surface area (Å²) >= 11 is 0. The molecule has 0 fully saturated rings. The maximum Gasteiger partial charge on any atom is 0.268 e. The molecular weight excluding hydrogens is 231 g/mol. The van der Waals surface area contributed by atoms with Crippen LogP contribution in [0.2, 0.25) is 0 Å². The first-order valence-electron chi connectivity index (χ1n) is 6.23. The summed E-state index contributed by atoms with van der Waals surface area (Å²) in [4.78, 5) is 11.9. The van der Waals surface area contributed by atoms with Crippen LogP contribution in [0, 0.1) is 12.7 Å². The molecule has 1 N–H and O–H groups in total. The fourth-order valence-electron chi connectivity index (χ4n) is 2.85. The lowest BCUT2D eigenvalue weighted by Gasteiger charge is -2.18. The summed E-state index contributed by atoms with van der Waals surface area (Å²) in [6, 6.07) is 3.10. The Balaban J connectivity index is 2.46. The van der Waals surface area contributed by atoms with Gasteiger partial charge in [-0.05, 0) is 36.6 Å². The van der Waals surface area contributed by atoms with Gasteiger partial charge in [-0.15, -0.1) is 0 Å². The SMILES string of the molecule is CCc1cc(F)cc2c(C)c3n(c12)CCNC3=O. The summed E-state index contributed by atoms with van der Waals surface area (Å²) in [5, 5.41) is 3.70. The van der Waals surface area contributed by atoms with Gasteiger partial charge in [-0.25, -0.2) is 4.39 Å². The number of fused-ring (bicyclic) bond motifs is 3. The number of carbonyl (C=O) groups excluding carboxylic acids is 1. The molecule has 2 heterocycles. The second-order valence-corrected chi connectivity index (χ2v) is 4.70. The van der Waals surface area contributed by atoms with Crippen molar-refractivity contribution in [3.63, 3.8) is 0 Å². The number of aromatic nitrogens is 1. The Morgan fingerprint density at radius 1 is 1.44 bits per heavy atom. The van der Waals surface area contributed by atoms with Crippen LogP contribution < -0.4 is 5.32 Å². The first-order valence-corrected chi connectivity index (χ1v) is 6.23. The number of rotatable bonds is 1. The van der Waals surface area contributed by atoms with Crippen LogP contribution in [0.1, 0.15) is 28.5 Å². The van der Waals surface area contributed by atoms with Crippen molar-refractivity contribution in [1.29, 1.82) is 0 Å². The first-order chi connectivity index (χ1) is 8.63. The smallest absolute Gasteiger partial charge is 0.268 e. The second-order valence-electron chi connectivity index (χ2n) is 4.70. The summed E-state index contributed by atoms with van der Waals surface area (Å²) in [6.45, 7) is 5.28. The fourth-order valence-corrected chi connectivity index (χ4v) is 2.85. The van der Waals surface area contributed by atoms with E-state index in [1.54, 1.807) is 6.07 Å². The average Bonchev–Trinajstić information content (AvgIpc) is 2.63. The standard InChI is InChI=1S/C14H15FN2O/c1-3-9-6-10(15)7-11-8(2)12-14(18)16-4-5-17(12)13(9)11/h6-7H,3-5H2,1-2H3,(H,16,18). The molecule has 1 aliphatic rings. The summed E-state index contributed by atoms with van der Waals surface area (Å²) in [5.41, 5.74) is 3.53. The van der Waals surface area contributed by atoms with E-state index in [1.807, 2.05) is 18.4 Å². The van der Waals surface area contributed by atoms with Crippen LogP contribution in [-0.2, 0) is 13.0 Å². The predicted octanol–water partition coefficient (Wildman–Crippen LogP) is 2.39. The highest BCUT2D eigenvalue weighted by atomic mass is 19.1. The molecule has 18 heavy (non-hydrogen) atoms. The normalized spacial score (nSPS) is 14.7. The lowest BCUT2D eigenvalue weighted by atomic mass is 10.1. The van der Waals surface area contributed by atoms with E-state index in [0.717, 1.165) is 35.0 Å². The number of halogens is 1. The molecule has 1 aromatic carbocycles. The van der Waals surface area contributed by atoms with Gasteiger partial charge in [0.15, 0.2) is 0 Å². The number of nitrogens with one attached hydrogen (secondary N) is 1. The van der Waals surface area contributed by atoms with Crippen LogP contribution >= 0.6 is 0 Å². The lowest BCUT2D eigenvalue weighted by Crippen LogP contribution is -2.35. The zero-order chi connectivity index (χ0) is 12.9. The highest BCUT2D eigenvalue weighted by Crippen LogP contribution is 2.30. The Morgan fingerprint density at radius 2 is 2.22 bits per heavy atom. The molecule has 0 saturated carbocycles. The average molecular weight is 246 g/mol. The van der Waals surface area contributed by atoms with Crippen LogP contribution in [0.25, 0.3) is 10.9 Å². The van der Waals surface area contributed by atoms with Crippen LogP contribution in [0.15, 0.2) is 12.1 Å². The van der Waals surface area contributed by atoms with Gasteiger partial charge in [0, 0.05) is 18.5 Å². The summed E-state index contributed by atoms with van der Waals surface area (Å²) < 4.78 is 15.6. The van der Waals surface area contributed by atoms with Crippen molar-refractivity contribution in [3.8, 4) is 0 Å². The molecule has 2 aromatic rings. The van der Waals surface area contributed by atoms with Gasteiger partial charge in [0.05, 0.1) is 5.52 Å². The lowest BCUT2D eigenvalue weighted by molar-refractivity contribution is 0.0928. The van der Waals surface area contributed by atoms with E-state index >= 15 is 0 Å². The molecule has 3 nitrogen and oxygen atoms in total. The van der Waals surface area contributed by atoms with Gasteiger partial charge in [0.25, 0.3) is 5.91 Å². The van der Waals surface area contributed by atoms with E-state index in [-0.39, 0.29) is 11.7 Å². The van der Waals surface area contributed by atoms with E-state index in [9.17, 15) is 9.18 Å². The minimum Gasteiger partial charge on any atom is -0.349 e. The van der Waals surface area contributed by atoms with Crippen LogP contribution in [0.4, 0.5) is 4.39 Å². The first kappa shape index (κ1) is 11.3.